The Morgan fingerprint density at radius 2 is 2.09 bits per heavy atom. The molecule has 1 unspecified atom stereocenters. The number of aryl methyl sites for hydroxylation is 3. The molecular formula is C15H19N5OS2. The summed E-state index contributed by atoms with van der Waals surface area (Å²) < 4.78 is 0. The first-order valence-electron chi connectivity index (χ1n) is 7.57. The molecule has 6 nitrogen and oxygen atoms in total. The lowest BCUT2D eigenvalue weighted by Gasteiger charge is -2.07. The van der Waals surface area contributed by atoms with Crippen LogP contribution >= 0.6 is 23.1 Å². The van der Waals surface area contributed by atoms with E-state index in [4.69, 9.17) is 0 Å². The number of nitrogens with zero attached hydrogens (tertiary/aromatic N) is 3. The SMILES string of the molecule is CCCc1nc(SC(C)c2nc3sc(C)c(C)c3c(=O)[nH]2)n[nH]1. The zero-order valence-electron chi connectivity index (χ0n) is 13.6. The third kappa shape index (κ3) is 3.18. The first-order valence-corrected chi connectivity index (χ1v) is 9.27. The Morgan fingerprint density at radius 3 is 2.83 bits per heavy atom. The number of aromatic nitrogens is 5. The number of rotatable bonds is 5. The number of thioether (sulfide) groups is 1. The Hall–Kier alpha value is -1.67. The van der Waals surface area contributed by atoms with Crippen LogP contribution in [0.1, 0.15) is 47.6 Å². The van der Waals surface area contributed by atoms with E-state index in [1.807, 2.05) is 20.8 Å². The summed E-state index contributed by atoms with van der Waals surface area (Å²) >= 11 is 3.05. The molecule has 0 fully saturated rings. The molecule has 122 valence electrons. The summed E-state index contributed by atoms with van der Waals surface area (Å²) in [5.74, 6) is 1.55. The minimum absolute atomic E-state index is 0.0277. The normalized spacial score (nSPS) is 12.9. The molecule has 0 bridgehead atoms. The van der Waals surface area contributed by atoms with Gasteiger partial charge in [0.05, 0.1) is 10.6 Å². The van der Waals surface area contributed by atoms with Gasteiger partial charge in [-0.2, -0.15) is 0 Å². The number of nitrogens with one attached hydrogen (secondary N) is 2. The van der Waals surface area contributed by atoms with E-state index < -0.39 is 0 Å². The second-order valence-corrected chi connectivity index (χ2v) is 8.00. The van der Waals surface area contributed by atoms with E-state index in [-0.39, 0.29) is 10.8 Å². The summed E-state index contributed by atoms with van der Waals surface area (Å²) in [7, 11) is 0. The summed E-state index contributed by atoms with van der Waals surface area (Å²) in [6.07, 6.45) is 1.91. The van der Waals surface area contributed by atoms with Gasteiger partial charge in [0, 0.05) is 11.3 Å². The molecule has 0 aromatic carbocycles. The highest BCUT2D eigenvalue weighted by Crippen LogP contribution is 2.32. The van der Waals surface area contributed by atoms with Crippen LogP contribution < -0.4 is 5.56 Å². The van der Waals surface area contributed by atoms with Crippen molar-refractivity contribution in [3.8, 4) is 0 Å². The predicted molar refractivity (Wildman–Crippen MR) is 94.4 cm³/mol. The molecule has 1 atom stereocenters. The molecule has 8 heteroatoms. The Labute approximate surface area is 142 Å². The molecule has 3 heterocycles. The molecule has 0 saturated heterocycles. The number of thiophene rings is 1. The summed E-state index contributed by atoms with van der Waals surface area (Å²) in [6, 6.07) is 0. The van der Waals surface area contributed by atoms with Crippen LogP contribution in [0.2, 0.25) is 0 Å². The zero-order chi connectivity index (χ0) is 16.6. The maximum absolute atomic E-state index is 12.3. The van der Waals surface area contributed by atoms with Crippen LogP contribution in [0.3, 0.4) is 0 Å². The molecule has 2 N–H and O–H groups in total. The molecule has 0 aliphatic heterocycles. The number of fused-ring (bicyclic) bond motifs is 1. The Balaban J connectivity index is 1.88. The first-order chi connectivity index (χ1) is 11.0. The molecule has 0 amide bonds. The molecule has 3 aromatic rings. The fourth-order valence-corrected chi connectivity index (χ4v) is 4.19. The average Bonchev–Trinajstić information content (AvgIpc) is 3.05. The van der Waals surface area contributed by atoms with E-state index in [0.717, 1.165) is 33.9 Å². The maximum Gasteiger partial charge on any atom is 0.259 e. The van der Waals surface area contributed by atoms with Crippen LogP contribution in [0, 0.1) is 13.8 Å². The van der Waals surface area contributed by atoms with Crippen LogP contribution in [0.5, 0.6) is 0 Å². The fraction of sp³-hybridized carbons (Fsp3) is 0.467. The van der Waals surface area contributed by atoms with Gasteiger partial charge in [0.2, 0.25) is 5.16 Å². The van der Waals surface area contributed by atoms with Gasteiger partial charge in [0.1, 0.15) is 16.5 Å². The lowest BCUT2D eigenvalue weighted by Crippen LogP contribution is -2.12. The van der Waals surface area contributed by atoms with Crippen molar-refractivity contribution in [3.05, 3.63) is 32.4 Å². The Morgan fingerprint density at radius 1 is 1.30 bits per heavy atom. The van der Waals surface area contributed by atoms with Crippen LogP contribution in [0.25, 0.3) is 10.2 Å². The van der Waals surface area contributed by atoms with Crippen LogP contribution in [-0.2, 0) is 6.42 Å². The molecule has 3 rings (SSSR count). The van der Waals surface area contributed by atoms with Gasteiger partial charge in [-0.05, 0) is 32.8 Å². The largest absolute Gasteiger partial charge is 0.309 e. The summed E-state index contributed by atoms with van der Waals surface area (Å²) in [5.41, 5.74) is 0.949. The van der Waals surface area contributed by atoms with Crippen molar-refractivity contribution in [1.82, 2.24) is 25.1 Å². The molecule has 0 aliphatic rings. The standard InChI is InChI=1S/C15H19N5OS2/c1-5-6-10-16-15(20-19-10)23-9(4)12-17-13(21)11-7(2)8(3)22-14(11)18-12/h9H,5-6H2,1-4H3,(H,16,19,20)(H,17,18,21). The molecule has 0 aliphatic carbocycles. The van der Waals surface area contributed by atoms with Crippen molar-refractivity contribution in [2.75, 3.05) is 0 Å². The number of H-pyrrole nitrogens is 2. The number of aromatic amines is 2. The lowest BCUT2D eigenvalue weighted by molar-refractivity contribution is 0.840. The van der Waals surface area contributed by atoms with Crippen molar-refractivity contribution >= 4 is 33.3 Å². The topological polar surface area (TPSA) is 87.3 Å². The highest BCUT2D eigenvalue weighted by Gasteiger charge is 2.17. The second kappa shape index (κ2) is 6.45. The summed E-state index contributed by atoms with van der Waals surface area (Å²) in [6.45, 7) is 8.08. The molecule has 3 aromatic heterocycles. The summed E-state index contributed by atoms with van der Waals surface area (Å²) in [5, 5.41) is 8.52. The molecule has 0 spiro atoms. The van der Waals surface area contributed by atoms with Gasteiger partial charge in [0.25, 0.3) is 5.56 Å². The third-order valence-electron chi connectivity index (χ3n) is 3.72. The van der Waals surface area contributed by atoms with Crippen LogP contribution in [0.4, 0.5) is 0 Å². The highest BCUT2D eigenvalue weighted by atomic mass is 32.2. The van der Waals surface area contributed by atoms with Crippen LogP contribution in [0.15, 0.2) is 9.95 Å². The highest BCUT2D eigenvalue weighted by molar-refractivity contribution is 7.99. The number of hydrogen-bond acceptors (Lipinski definition) is 6. The minimum atomic E-state index is -0.0686. The maximum atomic E-state index is 12.3. The van der Waals surface area contributed by atoms with Gasteiger partial charge in [-0.3, -0.25) is 9.89 Å². The first kappa shape index (κ1) is 16.2. The van der Waals surface area contributed by atoms with Crippen LogP contribution in [-0.4, -0.2) is 25.1 Å². The van der Waals surface area contributed by atoms with E-state index in [1.54, 1.807) is 11.3 Å². The molecular weight excluding hydrogens is 330 g/mol. The molecule has 0 radical (unpaired) electrons. The Bertz CT molecular complexity index is 895. The van der Waals surface area contributed by atoms with Crippen molar-refractivity contribution in [2.45, 2.75) is 50.9 Å². The lowest BCUT2D eigenvalue weighted by atomic mass is 10.2. The number of hydrogen-bond donors (Lipinski definition) is 2. The predicted octanol–water partition coefficient (Wildman–Crippen LogP) is 3.53. The zero-order valence-corrected chi connectivity index (χ0v) is 15.2. The monoisotopic (exact) mass is 349 g/mol. The van der Waals surface area contributed by atoms with E-state index in [9.17, 15) is 4.79 Å². The van der Waals surface area contributed by atoms with Gasteiger partial charge >= 0.3 is 0 Å². The van der Waals surface area contributed by atoms with Crippen molar-refractivity contribution in [1.29, 1.82) is 0 Å². The summed E-state index contributed by atoms with van der Waals surface area (Å²) in [4.78, 5) is 26.3. The Kier molecular flexibility index (Phi) is 4.54. The van der Waals surface area contributed by atoms with E-state index in [1.165, 1.54) is 11.8 Å². The van der Waals surface area contributed by atoms with Gasteiger partial charge in [0.15, 0.2) is 0 Å². The van der Waals surface area contributed by atoms with Crippen molar-refractivity contribution < 1.29 is 0 Å². The van der Waals surface area contributed by atoms with Gasteiger partial charge < -0.3 is 4.98 Å². The minimum Gasteiger partial charge on any atom is -0.309 e. The van der Waals surface area contributed by atoms with E-state index >= 15 is 0 Å². The van der Waals surface area contributed by atoms with E-state index in [0.29, 0.717) is 16.4 Å². The van der Waals surface area contributed by atoms with Gasteiger partial charge in [-0.25, -0.2) is 9.97 Å². The second-order valence-electron chi connectivity index (χ2n) is 5.49. The smallest absolute Gasteiger partial charge is 0.259 e. The molecule has 0 saturated carbocycles. The molecule has 23 heavy (non-hydrogen) atoms. The average molecular weight is 349 g/mol. The quantitative estimate of drug-likeness (QED) is 0.688. The van der Waals surface area contributed by atoms with Crippen molar-refractivity contribution in [2.24, 2.45) is 0 Å². The van der Waals surface area contributed by atoms with E-state index in [2.05, 4.69) is 32.1 Å². The van der Waals surface area contributed by atoms with Gasteiger partial charge in [-0.15, -0.1) is 16.4 Å². The fourth-order valence-electron chi connectivity index (χ4n) is 2.36. The van der Waals surface area contributed by atoms with Gasteiger partial charge in [-0.1, -0.05) is 18.7 Å². The third-order valence-corrected chi connectivity index (χ3v) is 5.79. The van der Waals surface area contributed by atoms with Crippen molar-refractivity contribution in [3.63, 3.8) is 0 Å².